The minimum absolute atomic E-state index is 0.0123. The van der Waals surface area contributed by atoms with E-state index in [1.54, 1.807) is 25.1 Å². The fraction of sp³-hybridized carbons (Fsp3) is 0.0909. The number of rotatable bonds is 5. The van der Waals surface area contributed by atoms with Crippen LogP contribution in [-0.4, -0.2) is 26.0 Å². The van der Waals surface area contributed by atoms with E-state index in [9.17, 15) is 19.3 Å². The minimum Gasteiger partial charge on any atom is -0.336 e. The van der Waals surface area contributed by atoms with Crippen LogP contribution in [0.2, 0.25) is 0 Å². The highest BCUT2D eigenvalue weighted by Crippen LogP contribution is 2.43. The molecule has 0 aliphatic rings. The Balaban J connectivity index is 2.00. The number of carbonyl (C=O) groups excluding carboxylic acids is 1. The molecule has 2 aromatic carbocycles. The van der Waals surface area contributed by atoms with Crippen LogP contribution in [0.5, 0.6) is 0 Å². The monoisotopic (exact) mass is 433 g/mol. The van der Waals surface area contributed by atoms with Gasteiger partial charge in [-0.3, -0.25) is 14.9 Å². The van der Waals surface area contributed by atoms with Crippen LogP contribution in [0.15, 0.2) is 65.6 Å². The zero-order valence-corrected chi connectivity index (χ0v) is 17.0. The number of nitro benzene ring substituents is 1. The Morgan fingerprint density at radius 1 is 1.19 bits per heavy atom. The summed E-state index contributed by atoms with van der Waals surface area (Å²) in [7, 11) is 0. The Labute approximate surface area is 181 Å². The molecule has 10 heteroatoms. The Kier molecular flexibility index (Phi) is 5.42. The number of benzene rings is 2. The van der Waals surface area contributed by atoms with Crippen molar-refractivity contribution in [2.45, 2.75) is 13.8 Å². The molecule has 0 fully saturated rings. The van der Waals surface area contributed by atoms with Crippen molar-refractivity contribution in [3.8, 4) is 22.5 Å². The maximum atomic E-state index is 13.8. The number of anilines is 2. The molecular formula is C22H16FN5O4. The highest BCUT2D eigenvalue weighted by Gasteiger charge is 2.32. The van der Waals surface area contributed by atoms with Crippen LogP contribution in [0, 0.1) is 22.9 Å². The fourth-order valence-corrected chi connectivity index (χ4v) is 3.32. The van der Waals surface area contributed by atoms with Crippen LogP contribution in [-0.2, 0) is 4.79 Å². The number of hydrogen-bond acceptors (Lipinski definition) is 7. The third kappa shape index (κ3) is 3.69. The van der Waals surface area contributed by atoms with Crippen molar-refractivity contribution in [3.05, 3.63) is 82.6 Å². The van der Waals surface area contributed by atoms with Gasteiger partial charge in [-0.15, -0.1) is 0 Å². The van der Waals surface area contributed by atoms with Crippen molar-refractivity contribution in [3.63, 3.8) is 0 Å². The summed E-state index contributed by atoms with van der Waals surface area (Å²) in [5.74, 6) is -0.971. The van der Waals surface area contributed by atoms with E-state index in [-0.39, 0.29) is 23.1 Å². The van der Waals surface area contributed by atoms with Crippen LogP contribution in [0.4, 0.5) is 21.6 Å². The second kappa shape index (κ2) is 8.34. The third-order valence-corrected chi connectivity index (χ3v) is 4.78. The van der Waals surface area contributed by atoms with E-state index in [4.69, 9.17) is 4.52 Å². The van der Waals surface area contributed by atoms with Gasteiger partial charge in [0.05, 0.1) is 16.2 Å². The van der Waals surface area contributed by atoms with Gasteiger partial charge < -0.3 is 4.52 Å². The van der Waals surface area contributed by atoms with Gasteiger partial charge in [0.15, 0.2) is 0 Å². The summed E-state index contributed by atoms with van der Waals surface area (Å²) in [5.41, 5.74) is 1.63. The zero-order valence-electron chi connectivity index (χ0n) is 17.0. The van der Waals surface area contributed by atoms with Crippen LogP contribution in [0.1, 0.15) is 12.5 Å². The number of carbonyl (C=O) groups is 1. The summed E-state index contributed by atoms with van der Waals surface area (Å²) in [6.07, 6.45) is 2.82. The van der Waals surface area contributed by atoms with E-state index < -0.39 is 10.8 Å². The molecule has 0 aliphatic heterocycles. The zero-order chi connectivity index (χ0) is 22.8. The first-order chi connectivity index (χ1) is 15.4. The Morgan fingerprint density at radius 3 is 2.62 bits per heavy atom. The molecule has 4 aromatic rings. The molecule has 0 N–H and O–H groups in total. The van der Waals surface area contributed by atoms with Crippen LogP contribution < -0.4 is 4.90 Å². The number of nitrogens with zero attached hydrogens (tertiary/aromatic N) is 5. The predicted molar refractivity (Wildman–Crippen MR) is 114 cm³/mol. The molecule has 0 saturated carbocycles. The van der Waals surface area contributed by atoms with Crippen molar-refractivity contribution < 1.29 is 18.6 Å². The van der Waals surface area contributed by atoms with Crippen LogP contribution >= 0.6 is 0 Å². The van der Waals surface area contributed by atoms with Gasteiger partial charge in [-0.2, -0.15) is 0 Å². The van der Waals surface area contributed by atoms with Gasteiger partial charge in [0.2, 0.25) is 11.8 Å². The molecule has 0 spiro atoms. The smallest absolute Gasteiger partial charge is 0.293 e. The molecule has 0 saturated heterocycles. The Morgan fingerprint density at radius 2 is 1.97 bits per heavy atom. The summed E-state index contributed by atoms with van der Waals surface area (Å²) in [6, 6.07) is 11.8. The molecule has 0 unspecified atom stereocenters. The van der Waals surface area contributed by atoms with E-state index in [1.165, 1.54) is 49.8 Å². The molecular weight excluding hydrogens is 417 g/mol. The number of aryl methyl sites for hydroxylation is 1. The first kappa shape index (κ1) is 20.8. The lowest BCUT2D eigenvalue weighted by atomic mass is 10.0. The fourth-order valence-electron chi connectivity index (χ4n) is 3.32. The number of aromatic nitrogens is 3. The number of hydrogen-bond donors (Lipinski definition) is 0. The number of para-hydroxylation sites is 2. The van der Waals surface area contributed by atoms with E-state index in [1.807, 2.05) is 0 Å². The minimum atomic E-state index is -0.587. The van der Waals surface area contributed by atoms with Gasteiger partial charge >= 0.3 is 0 Å². The molecule has 2 heterocycles. The summed E-state index contributed by atoms with van der Waals surface area (Å²) >= 11 is 0. The molecule has 9 nitrogen and oxygen atoms in total. The molecule has 2 aromatic heterocycles. The van der Waals surface area contributed by atoms with Gasteiger partial charge in [0.25, 0.3) is 5.69 Å². The van der Waals surface area contributed by atoms with Crippen molar-refractivity contribution in [1.29, 1.82) is 0 Å². The number of halogens is 1. The molecule has 160 valence electrons. The SMILES string of the molecule is CC(=O)N(c1ccccc1[N+](=O)[O-])c1onc(-c2ccc(F)c(C)c2)c1-c1ccncn1. The second-order valence-electron chi connectivity index (χ2n) is 6.87. The van der Waals surface area contributed by atoms with Gasteiger partial charge in [-0.25, -0.2) is 19.3 Å². The Hall–Kier alpha value is -4.47. The molecule has 1 amide bonds. The van der Waals surface area contributed by atoms with E-state index in [2.05, 4.69) is 15.1 Å². The molecule has 0 bridgehead atoms. The van der Waals surface area contributed by atoms with Crippen molar-refractivity contribution in [1.82, 2.24) is 15.1 Å². The number of nitro groups is 1. The highest BCUT2D eigenvalue weighted by molar-refractivity contribution is 6.04. The van der Waals surface area contributed by atoms with Crippen LogP contribution in [0.25, 0.3) is 22.5 Å². The summed E-state index contributed by atoms with van der Waals surface area (Å²) in [4.78, 5) is 32.9. The molecule has 32 heavy (non-hydrogen) atoms. The molecule has 0 radical (unpaired) electrons. The van der Waals surface area contributed by atoms with Gasteiger partial charge in [0, 0.05) is 24.8 Å². The van der Waals surface area contributed by atoms with Crippen LogP contribution in [0.3, 0.4) is 0 Å². The lowest BCUT2D eigenvalue weighted by Gasteiger charge is -2.19. The lowest BCUT2D eigenvalue weighted by molar-refractivity contribution is -0.384. The van der Waals surface area contributed by atoms with Crippen molar-refractivity contribution in [2.24, 2.45) is 0 Å². The lowest BCUT2D eigenvalue weighted by Crippen LogP contribution is -2.23. The quantitative estimate of drug-likeness (QED) is 0.327. The van der Waals surface area contributed by atoms with E-state index >= 15 is 0 Å². The van der Waals surface area contributed by atoms with Crippen molar-refractivity contribution in [2.75, 3.05) is 4.90 Å². The summed E-state index contributed by atoms with van der Waals surface area (Å²) in [5, 5.41) is 15.7. The average Bonchev–Trinajstić information content (AvgIpc) is 3.21. The standard InChI is InChI=1S/C22H16FN5O4/c1-13-11-15(7-8-16(13)23)21-20(17-9-10-24-12-25-17)22(32-26-21)27(14(2)29)18-5-3-4-6-19(18)28(30)31/h3-12H,1-2H3. The maximum absolute atomic E-state index is 13.8. The number of amides is 1. The molecule has 0 aliphatic carbocycles. The van der Waals surface area contributed by atoms with E-state index in [0.717, 1.165) is 4.90 Å². The first-order valence-corrected chi connectivity index (χ1v) is 9.45. The third-order valence-electron chi connectivity index (χ3n) is 4.78. The maximum Gasteiger partial charge on any atom is 0.293 e. The van der Waals surface area contributed by atoms with E-state index in [0.29, 0.717) is 28.1 Å². The predicted octanol–water partition coefficient (Wildman–Crippen LogP) is 4.84. The normalized spacial score (nSPS) is 10.7. The topological polar surface area (TPSA) is 115 Å². The Bertz CT molecular complexity index is 1320. The second-order valence-corrected chi connectivity index (χ2v) is 6.87. The molecule has 0 atom stereocenters. The van der Waals surface area contributed by atoms with Gasteiger partial charge in [-0.05, 0) is 42.8 Å². The van der Waals surface area contributed by atoms with Gasteiger partial charge in [-0.1, -0.05) is 17.3 Å². The van der Waals surface area contributed by atoms with Crippen molar-refractivity contribution >= 4 is 23.2 Å². The van der Waals surface area contributed by atoms with Gasteiger partial charge in [0.1, 0.15) is 23.5 Å². The average molecular weight is 433 g/mol. The first-order valence-electron chi connectivity index (χ1n) is 9.45. The largest absolute Gasteiger partial charge is 0.336 e. The molecule has 4 rings (SSSR count). The highest BCUT2D eigenvalue weighted by atomic mass is 19.1. The summed E-state index contributed by atoms with van der Waals surface area (Å²) in [6.45, 7) is 2.87. The summed E-state index contributed by atoms with van der Waals surface area (Å²) < 4.78 is 19.4.